The number of hydrogen-bond acceptors (Lipinski definition) is 3. The van der Waals surface area contributed by atoms with Crippen molar-refractivity contribution in [3.8, 4) is 5.75 Å². The fraction of sp³-hybridized carbons (Fsp3) is 0.226. The highest BCUT2D eigenvalue weighted by Crippen LogP contribution is 2.20. The van der Waals surface area contributed by atoms with E-state index < -0.39 is 0 Å². The van der Waals surface area contributed by atoms with Gasteiger partial charge in [0, 0.05) is 37.1 Å². The Morgan fingerprint density at radius 2 is 1.64 bits per heavy atom. The van der Waals surface area contributed by atoms with Gasteiger partial charge in [0.05, 0.1) is 0 Å². The number of anilines is 1. The second-order valence-corrected chi connectivity index (χ2v) is 9.12. The van der Waals surface area contributed by atoms with E-state index in [2.05, 4.69) is 36.3 Å². The van der Waals surface area contributed by atoms with Crippen LogP contribution in [0.3, 0.4) is 0 Å². The van der Waals surface area contributed by atoms with Crippen LogP contribution in [-0.4, -0.2) is 22.5 Å². The Morgan fingerprint density at radius 3 is 2.36 bits per heavy atom. The highest BCUT2D eigenvalue weighted by Gasteiger charge is 2.15. The van der Waals surface area contributed by atoms with Gasteiger partial charge in [-0.1, -0.05) is 74.5 Å². The summed E-state index contributed by atoms with van der Waals surface area (Å²) >= 11 is 0. The first-order valence-corrected chi connectivity index (χ1v) is 12.4. The summed E-state index contributed by atoms with van der Waals surface area (Å²) in [5.41, 5.74) is 5.10. The largest absolute Gasteiger partial charge is 0.489 e. The number of pyridine rings is 1. The van der Waals surface area contributed by atoms with E-state index in [1.807, 2.05) is 89.8 Å². The van der Waals surface area contributed by atoms with Crippen LogP contribution < -0.4 is 10.1 Å². The normalized spacial score (nSPS) is 10.8. The van der Waals surface area contributed by atoms with Crippen molar-refractivity contribution in [3.63, 3.8) is 0 Å². The molecule has 1 heterocycles. The highest BCUT2D eigenvalue weighted by molar-refractivity contribution is 5.89. The van der Waals surface area contributed by atoms with E-state index in [-0.39, 0.29) is 6.03 Å². The molecule has 184 valence electrons. The number of benzene rings is 3. The van der Waals surface area contributed by atoms with Crippen LogP contribution in [0.2, 0.25) is 0 Å². The number of aromatic nitrogens is 1. The number of rotatable bonds is 10. The van der Waals surface area contributed by atoms with Crippen LogP contribution in [0.1, 0.15) is 42.1 Å². The summed E-state index contributed by atoms with van der Waals surface area (Å²) in [7, 11) is 0. The van der Waals surface area contributed by atoms with Crippen LogP contribution in [0.5, 0.6) is 5.75 Å². The number of amides is 2. The molecule has 0 aliphatic heterocycles. The van der Waals surface area contributed by atoms with Gasteiger partial charge in [-0.3, -0.25) is 4.98 Å². The Bertz CT molecular complexity index is 1230. The summed E-state index contributed by atoms with van der Waals surface area (Å²) in [6.07, 6.45) is 2.45. The smallest absolute Gasteiger partial charge is 0.322 e. The first-order chi connectivity index (χ1) is 17.6. The Balaban J connectivity index is 1.45. The summed E-state index contributed by atoms with van der Waals surface area (Å²) in [4.78, 5) is 19.6. The number of carbonyl (C=O) groups excluding carboxylic acids is 1. The molecule has 0 spiro atoms. The molecule has 0 aliphatic carbocycles. The number of carbonyl (C=O) groups is 1. The molecule has 0 bridgehead atoms. The zero-order chi connectivity index (χ0) is 25.2. The molecule has 5 heteroatoms. The lowest BCUT2D eigenvalue weighted by Crippen LogP contribution is -2.36. The second kappa shape index (κ2) is 12.5. The molecule has 0 saturated carbocycles. The molecule has 4 rings (SSSR count). The van der Waals surface area contributed by atoms with Crippen molar-refractivity contribution in [1.82, 2.24) is 9.88 Å². The molecule has 2 amide bonds. The Labute approximate surface area is 213 Å². The summed E-state index contributed by atoms with van der Waals surface area (Å²) in [5, 5.41) is 3.06. The van der Waals surface area contributed by atoms with Crippen LogP contribution in [-0.2, 0) is 19.6 Å². The molecule has 1 N–H and O–H groups in total. The van der Waals surface area contributed by atoms with E-state index >= 15 is 0 Å². The van der Waals surface area contributed by atoms with Crippen LogP contribution >= 0.6 is 0 Å². The molecule has 0 aliphatic rings. The first kappa shape index (κ1) is 25.0. The van der Waals surface area contributed by atoms with Crippen molar-refractivity contribution >= 4 is 11.7 Å². The second-order valence-electron chi connectivity index (χ2n) is 9.12. The average molecular weight is 480 g/mol. The van der Waals surface area contributed by atoms with Gasteiger partial charge >= 0.3 is 6.03 Å². The SMILES string of the molecule is CC(C)c1ccc(NC(=O)N(CCc2ccccn2)Cc2cccc(OCc3ccccc3)c2)cc1. The van der Waals surface area contributed by atoms with Gasteiger partial charge in [-0.15, -0.1) is 0 Å². The molecular formula is C31H33N3O2. The Kier molecular flexibility index (Phi) is 8.71. The number of hydrogen-bond donors (Lipinski definition) is 1. The minimum Gasteiger partial charge on any atom is -0.489 e. The van der Waals surface area contributed by atoms with Gasteiger partial charge in [0.1, 0.15) is 12.4 Å². The van der Waals surface area contributed by atoms with E-state index in [1.54, 1.807) is 6.20 Å². The zero-order valence-electron chi connectivity index (χ0n) is 20.9. The van der Waals surface area contributed by atoms with E-state index in [4.69, 9.17) is 4.74 Å². The predicted octanol–water partition coefficient (Wildman–Crippen LogP) is 7.06. The Hall–Kier alpha value is -4.12. The number of nitrogens with one attached hydrogen (secondary N) is 1. The summed E-state index contributed by atoms with van der Waals surface area (Å²) in [5.74, 6) is 1.23. The fourth-order valence-corrected chi connectivity index (χ4v) is 3.90. The molecule has 36 heavy (non-hydrogen) atoms. The van der Waals surface area contributed by atoms with Gasteiger partial charge in [0.15, 0.2) is 0 Å². The average Bonchev–Trinajstić information content (AvgIpc) is 2.91. The first-order valence-electron chi connectivity index (χ1n) is 12.4. The van der Waals surface area contributed by atoms with Gasteiger partial charge in [0.2, 0.25) is 0 Å². The third kappa shape index (κ3) is 7.44. The van der Waals surface area contributed by atoms with E-state index in [0.717, 1.165) is 28.3 Å². The molecule has 5 nitrogen and oxygen atoms in total. The maximum Gasteiger partial charge on any atom is 0.322 e. The lowest BCUT2D eigenvalue weighted by molar-refractivity contribution is 0.209. The fourth-order valence-electron chi connectivity index (χ4n) is 3.90. The third-order valence-corrected chi connectivity index (χ3v) is 6.00. The lowest BCUT2D eigenvalue weighted by Gasteiger charge is -2.24. The van der Waals surface area contributed by atoms with Crippen LogP contribution in [0.15, 0.2) is 103 Å². The summed E-state index contributed by atoms with van der Waals surface area (Å²) < 4.78 is 6.00. The number of ether oxygens (including phenoxy) is 1. The van der Waals surface area contributed by atoms with Crippen molar-refractivity contribution in [2.75, 3.05) is 11.9 Å². The molecule has 1 aromatic heterocycles. The van der Waals surface area contributed by atoms with E-state index in [0.29, 0.717) is 32.0 Å². The van der Waals surface area contributed by atoms with Crippen molar-refractivity contribution in [2.45, 2.75) is 39.3 Å². The highest BCUT2D eigenvalue weighted by atomic mass is 16.5. The summed E-state index contributed by atoms with van der Waals surface area (Å²) in [6, 6.07) is 31.8. The van der Waals surface area contributed by atoms with Gasteiger partial charge in [-0.05, 0) is 59.0 Å². The molecule has 0 radical (unpaired) electrons. The predicted molar refractivity (Wildman–Crippen MR) is 145 cm³/mol. The number of nitrogens with zero attached hydrogens (tertiary/aromatic N) is 2. The standard InChI is InChI=1S/C31H33N3O2/c1-24(2)27-14-16-29(17-15-27)33-31(35)34(20-18-28-12-6-7-19-32-28)22-26-11-8-13-30(21-26)36-23-25-9-4-3-5-10-25/h3-17,19,21,24H,18,20,22-23H2,1-2H3,(H,33,35). The Morgan fingerprint density at radius 1 is 0.889 bits per heavy atom. The monoisotopic (exact) mass is 479 g/mol. The van der Waals surface area contributed by atoms with Crippen molar-refractivity contribution in [3.05, 3.63) is 126 Å². The van der Waals surface area contributed by atoms with Crippen molar-refractivity contribution in [1.29, 1.82) is 0 Å². The minimum atomic E-state index is -0.140. The van der Waals surface area contributed by atoms with Crippen LogP contribution in [0, 0.1) is 0 Å². The van der Waals surface area contributed by atoms with Crippen molar-refractivity contribution in [2.24, 2.45) is 0 Å². The van der Waals surface area contributed by atoms with Gasteiger partial charge in [0.25, 0.3) is 0 Å². The maximum atomic E-state index is 13.3. The van der Waals surface area contributed by atoms with E-state index in [1.165, 1.54) is 5.56 Å². The lowest BCUT2D eigenvalue weighted by atomic mass is 10.0. The number of urea groups is 1. The summed E-state index contributed by atoms with van der Waals surface area (Å²) in [6.45, 7) is 5.82. The molecule has 0 atom stereocenters. The third-order valence-electron chi connectivity index (χ3n) is 6.00. The maximum absolute atomic E-state index is 13.3. The van der Waals surface area contributed by atoms with Gasteiger partial charge in [-0.2, -0.15) is 0 Å². The minimum absolute atomic E-state index is 0.140. The molecule has 0 fully saturated rings. The molecule has 3 aromatic carbocycles. The molecular weight excluding hydrogens is 446 g/mol. The molecule has 4 aromatic rings. The van der Waals surface area contributed by atoms with Gasteiger partial charge in [-0.25, -0.2) is 4.79 Å². The molecule has 0 saturated heterocycles. The topological polar surface area (TPSA) is 54.5 Å². The van der Waals surface area contributed by atoms with Crippen LogP contribution in [0.4, 0.5) is 10.5 Å². The van der Waals surface area contributed by atoms with Crippen molar-refractivity contribution < 1.29 is 9.53 Å². The molecule has 0 unspecified atom stereocenters. The van der Waals surface area contributed by atoms with E-state index in [9.17, 15) is 4.79 Å². The van der Waals surface area contributed by atoms with Crippen LogP contribution in [0.25, 0.3) is 0 Å². The van der Waals surface area contributed by atoms with Gasteiger partial charge < -0.3 is 15.0 Å². The quantitative estimate of drug-likeness (QED) is 0.265. The zero-order valence-corrected chi connectivity index (χ0v) is 20.9.